The van der Waals surface area contributed by atoms with Gasteiger partial charge in [0, 0.05) is 31.6 Å². The maximum Gasteiger partial charge on any atom is 0.230 e. The quantitative estimate of drug-likeness (QED) is 0.777. The molecule has 2 saturated heterocycles. The molecule has 0 saturated carbocycles. The lowest BCUT2D eigenvalue weighted by Crippen LogP contribution is -2.40. The molecule has 0 aromatic carbocycles. The number of morpholine rings is 2. The molecule has 144 valence electrons. The van der Waals surface area contributed by atoms with Gasteiger partial charge in [0.15, 0.2) is 10.9 Å². The highest BCUT2D eigenvalue weighted by Gasteiger charge is 2.28. The number of amides is 1. The number of nitrogens with one attached hydrogen (secondary N) is 1. The van der Waals surface area contributed by atoms with Crippen LogP contribution in [0.5, 0.6) is 0 Å². The van der Waals surface area contributed by atoms with Crippen molar-refractivity contribution in [3.05, 3.63) is 4.88 Å². The molecule has 0 spiro atoms. The van der Waals surface area contributed by atoms with E-state index in [1.54, 1.807) is 11.3 Å². The van der Waals surface area contributed by atoms with Crippen molar-refractivity contribution in [3.63, 3.8) is 0 Å². The molecule has 1 aromatic rings. The van der Waals surface area contributed by atoms with E-state index in [2.05, 4.69) is 15.1 Å². The van der Waals surface area contributed by atoms with Gasteiger partial charge >= 0.3 is 0 Å². The van der Waals surface area contributed by atoms with E-state index < -0.39 is 5.41 Å². The molecule has 2 aliphatic rings. The van der Waals surface area contributed by atoms with Crippen LogP contribution >= 0.6 is 23.6 Å². The van der Waals surface area contributed by atoms with E-state index in [0.717, 1.165) is 42.0 Å². The number of aromatic nitrogens is 1. The van der Waals surface area contributed by atoms with Crippen LogP contribution in [0.3, 0.4) is 0 Å². The molecule has 2 fully saturated rings. The molecule has 3 heterocycles. The predicted octanol–water partition coefficient (Wildman–Crippen LogP) is 1.65. The second-order valence-corrected chi connectivity index (χ2v) is 8.77. The minimum atomic E-state index is -0.499. The van der Waals surface area contributed by atoms with Crippen molar-refractivity contribution in [1.29, 1.82) is 0 Å². The number of hydrogen-bond donors (Lipinski definition) is 1. The third kappa shape index (κ3) is 4.51. The van der Waals surface area contributed by atoms with Gasteiger partial charge in [-0.2, -0.15) is 0 Å². The van der Waals surface area contributed by atoms with E-state index in [1.165, 1.54) is 0 Å². The maximum absolute atomic E-state index is 12.4. The molecular formula is C17H26N4O3S2. The van der Waals surface area contributed by atoms with Gasteiger partial charge < -0.3 is 24.6 Å². The highest BCUT2D eigenvalue weighted by Crippen LogP contribution is 2.33. The Morgan fingerprint density at radius 1 is 1.08 bits per heavy atom. The number of carbonyl (C=O) groups is 1. The van der Waals surface area contributed by atoms with Gasteiger partial charge in [0.25, 0.3) is 0 Å². The molecular weight excluding hydrogens is 372 g/mol. The summed E-state index contributed by atoms with van der Waals surface area (Å²) < 4.78 is 10.9. The minimum absolute atomic E-state index is 0.0863. The molecule has 0 atom stereocenters. The van der Waals surface area contributed by atoms with Crippen LogP contribution in [-0.4, -0.2) is 68.5 Å². The first-order chi connectivity index (χ1) is 12.4. The number of anilines is 2. The fourth-order valence-corrected chi connectivity index (χ4v) is 4.02. The van der Waals surface area contributed by atoms with Crippen LogP contribution in [0.2, 0.25) is 0 Å². The number of carbonyl (C=O) groups excluding carboxylic acids is 1. The van der Waals surface area contributed by atoms with Crippen molar-refractivity contribution >= 4 is 45.4 Å². The highest BCUT2D eigenvalue weighted by atomic mass is 32.1. The van der Waals surface area contributed by atoms with E-state index in [4.69, 9.17) is 26.7 Å². The fraction of sp³-hybridized carbons (Fsp3) is 0.706. The Morgan fingerprint density at radius 3 is 2.15 bits per heavy atom. The standard InChI is InChI=1S/C17H26N4O3S2/c1-17(2,3)15(22)19-14(25)12-13(20-4-8-23-9-5-20)18-16(26-12)21-6-10-24-11-7-21/h4-11H2,1-3H3,(H,19,22,25). The van der Waals surface area contributed by atoms with E-state index in [1.807, 2.05) is 20.8 Å². The predicted molar refractivity (Wildman–Crippen MR) is 107 cm³/mol. The molecule has 26 heavy (non-hydrogen) atoms. The summed E-state index contributed by atoms with van der Waals surface area (Å²) >= 11 is 7.12. The van der Waals surface area contributed by atoms with Gasteiger partial charge in [-0.1, -0.05) is 44.3 Å². The molecule has 1 aromatic heterocycles. The van der Waals surface area contributed by atoms with Crippen LogP contribution in [0.25, 0.3) is 0 Å². The Hall–Kier alpha value is -1.29. The summed E-state index contributed by atoms with van der Waals surface area (Å²) in [5.74, 6) is 0.760. The van der Waals surface area contributed by atoms with Gasteiger partial charge in [-0.15, -0.1) is 0 Å². The number of thiocarbonyl (C=S) groups is 1. The first kappa shape index (κ1) is 19.5. The van der Waals surface area contributed by atoms with Crippen LogP contribution < -0.4 is 15.1 Å². The minimum Gasteiger partial charge on any atom is -0.378 e. The van der Waals surface area contributed by atoms with Crippen molar-refractivity contribution < 1.29 is 14.3 Å². The molecule has 0 radical (unpaired) electrons. The van der Waals surface area contributed by atoms with Crippen molar-refractivity contribution in [2.75, 3.05) is 62.4 Å². The Bertz CT molecular complexity index is 659. The molecule has 1 amide bonds. The zero-order valence-corrected chi connectivity index (χ0v) is 17.2. The van der Waals surface area contributed by atoms with E-state index in [-0.39, 0.29) is 5.91 Å². The Labute approximate surface area is 163 Å². The van der Waals surface area contributed by atoms with Crippen LogP contribution in [0.1, 0.15) is 25.6 Å². The normalized spacial score (nSPS) is 18.7. The summed E-state index contributed by atoms with van der Waals surface area (Å²) in [6.45, 7) is 11.5. The second-order valence-electron chi connectivity index (χ2n) is 7.38. The lowest BCUT2D eigenvalue weighted by atomic mass is 9.96. The third-order valence-electron chi connectivity index (χ3n) is 4.30. The van der Waals surface area contributed by atoms with Crippen molar-refractivity contribution in [2.45, 2.75) is 20.8 Å². The van der Waals surface area contributed by atoms with Crippen LogP contribution in [0, 0.1) is 5.41 Å². The first-order valence-corrected chi connectivity index (χ1v) is 10.1. The molecule has 9 heteroatoms. The largest absolute Gasteiger partial charge is 0.378 e. The summed E-state index contributed by atoms with van der Waals surface area (Å²) in [6, 6.07) is 0. The summed E-state index contributed by atoms with van der Waals surface area (Å²) in [7, 11) is 0. The number of hydrogen-bond acceptors (Lipinski definition) is 8. The lowest BCUT2D eigenvalue weighted by Gasteiger charge is -2.28. The maximum atomic E-state index is 12.4. The average Bonchev–Trinajstić information content (AvgIpc) is 3.08. The van der Waals surface area contributed by atoms with Crippen molar-refractivity contribution in [3.8, 4) is 0 Å². The van der Waals surface area contributed by atoms with E-state index in [0.29, 0.717) is 31.4 Å². The summed E-state index contributed by atoms with van der Waals surface area (Å²) in [5, 5.41) is 3.82. The SMILES string of the molecule is CC(C)(C)C(=O)NC(=S)c1sc(N2CCOCC2)nc1N1CCOCC1. The molecule has 1 N–H and O–H groups in total. The fourth-order valence-electron chi connectivity index (χ4n) is 2.68. The van der Waals surface area contributed by atoms with Crippen LogP contribution in [0.15, 0.2) is 0 Å². The van der Waals surface area contributed by atoms with Gasteiger partial charge in [0.2, 0.25) is 5.91 Å². The summed E-state index contributed by atoms with van der Waals surface area (Å²) in [4.78, 5) is 22.9. The Balaban J connectivity index is 1.86. The van der Waals surface area contributed by atoms with Gasteiger partial charge in [-0.25, -0.2) is 4.98 Å². The van der Waals surface area contributed by atoms with Gasteiger partial charge in [-0.05, 0) is 0 Å². The lowest BCUT2D eigenvalue weighted by molar-refractivity contribution is -0.126. The third-order valence-corrected chi connectivity index (χ3v) is 5.86. The van der Waals surface area contributed by atoms with Crippen molar-refractivity contribution in [2.24, 2.45) is 5.41 Å². The van der Waals surface area contributed by atoms with E-state index >= 15 is 0 Å². The number of ether oxygens (including phenoxy) is 2. The Morgan fingerprint density at radius 2 is 1.62 bits per heavy atom. The summed E-state index contributed by atoms with van der Waals surface area (Å²) in [6.07, 6.45) is 0. The second kappa shape index (κ2) is 8.16. The molecule has 0 unspecified atom stereocenters. The average molecular weight is 399 g/mol. The zero-order chi connectivity index (χ0) is 18.7. The van der Waals surface area contributed by atoms with Crippen molar-refractivity contribution in [1.82, 2.24) is 10.3 Å². The van der Waals surface area contributed by atoms with Gasteiger partial charge in [0.05, 0.1) is 26.4 Å². The molecule has 0 aliphatic carbocycles. The van der Waals surface area contributed by atoms with Gasteiger partial charge in [-0.3, -0.25) is 4.79 Å². The number of nitrogens with zero attached hydrogens (tertiary/aromatic N) is 3. The van der Waals surface area contributed by atoms with Gasteiger partial charge in [0.1, 0.15) is 9.87 Å². The Kier molecular flexibility index (Phi) is 6.11. The number of rotatable bonds is 3. The molecule has 0 bridgehead atoms. The zero-order valence-electron chi connectivity index (χ0n) is 15.5. The van der Waals surface area contributed by atoms with E-state index in [9.17, 15) is 4.79 Å². The number of thiazole rings is 1. The first-order valence-electron chi connectivity index (χ1n) is 8.88. The molecule has 7 nitrogen and oxygen atoms in total. The smallest absolute Gasteiger partial charge is 0.230 e. The highest BCUT2D eigenvalue weighted by molar-refractivity contribution is 7.81. The molecule has 3 rings (SSSR count). The monoisotopic (exact) mass is 398 g/mol. The molecule has 2 aliphatic heterocycles. The topological polar surface area (TPSA) is 66.9 Å². The van der Waals surface area contributed by atoms with Crippen LogP contribution in [0.4, 0.5) is 10.9 Å². The summed E-state index contributed by atoms with van der Waals surface area (Å²) in [5.41, 5.74) is -0.499. The van der Waals surface area contributed by atoms with Crippen LogP contribution in [-0.2, 0) is 14.3 Å².